The van der Waals surface area contributed by atoms with Crippen molar-refractivity contribution in [3.8, 4) is 0 Å². The summed E-state index contributed by atoms with van der Waals surface area (Å²) >= 11 is 1.51. The maximum absolute atomic E-state index is 10.5. The van der Waals surface area contributed by atoms with Crippen LogP contribution in [-0.4, -0.2) is 37.5 Å². The molecule has 0 aromatic carbocycles. The highest BCUT2D eigenvalue weighted by Gasteiger charge is 2.11. The summed E-state index contributed by atoms with van der Waals surface area (Å²) in [6.07, 6.45) is 0.910. The topological polar surface area (TPSA) is 29.5 Å². The molecule has 0 spiro atoms. The minimum atomic E-state index is 0.813. The smallest absolute Gasteiger partial charge is 0.160 e. The second-order valence-corrected chi connectivity index (χ2v) is 4.31. The molecule has 1 aromatic heterocycles. The van der Waals surface area contributed by atoms with Crippen LogP contribution in [0.4, 0.5) is 0 Å². The van der Waals surface area contributed by atoms with E-state index >= 15 is 0 Å². The average molecular weight is 211 g/mol. The van der Waals surface area contributed by atoms with Gasteiger partial charge in [0.25, 0.3) is 0 Å². The van der Waals surface area contributed by atoms with Crippen LogP contribution in [-0.2, 0) is 11.3 Å². The molecule has 76 valence electrons. The SMILES string of the molecule is O=Cc1cc(CN2CCOCC2)cs1. The third-order valence-electron chi connectivity index (χ3n) is 2.30. The average Bonchev–Trinajstić information content (AvgIpc) is 2.67. The number of morpholine rings is 1. The van der Waals surface area contributed by atoms with E-state index in [-0.39, 0.29) is 0 Å². The molecule has 0 N–H and O–H groups in total. The van der Waals surface area contributed by atoms with E-state index in [1.807, 2.05) is 6.07 Å². The number of thiophene rings is 1. The Morgan fingerprint density at radius 1 is 1.50 bits per heavy atom. The fourth-order valence-corrected chi connectivity index (χ4v) is 2.26. The maximum atomic E-state index is 10.5. The lowest BCUT2D eigenvalue weighted by Crippen LogP contribution is -2.35. The number of nitrogens with zero attached hydrogens (tertiary/aromatic N) is 1. The fourth-order valence-electron chi connectivity index (χ4n) is 1.56. The molecule has 0 unspecified atom stereocenters. The van der Waals surface area contributed by atoms with Crippen molar-refractivity contribution in [3.05, 3.63) is 21.9 Å². The molecule has 4 heteroatoms. The summed E-state index contributed by atoms with van der Waals surface area (Å²) in [4.78, 5) is 13.6. The van der Waals surface area contributed by atoms with Crippen molar-refractivity contribution in [2.45, 2.75) is 6.54 Å². The Morgan fingerprint density at radius 2 is 2.29 bits per heavy atom. The number of hydrogen-bond donors (Lipinski definition) is 0. The summed E-state index contributed by atoms with van der Waals surface area (Å²) in [6, 6.07) is 1.97. The van der Waals surface area contributed by atoms with Crippen LogP contribution in [0.2, 0.25) is 0 Å². The lowest BCUT2D eigenvalue weighted by atomic mass is 10.3. The molecule has 1 fully saturated rings. The number of rotatable bonds is 3. The number of hydrogen-bond acceptors (Lipinski definition) is 4. The molecular formula is C10H13NO2S. The third kappa shape index (κ3) is 2.41. The molecule has 0 atom stereocenters. The molecule has 0 amide bonds. The van der Waals surface area contributed by atoms with Gasteiger partial charge in [0.2, 0.25) is 0 Å². The van der Waals surface area contributed by atoms with E-state index in [1.54, 1.807) is 0 Å². The van der Waals surface area contributed by atoms with Crippen LogP contribution < -0.4 is 0 Å². The molecule has 2 rings (SSSR count). The quantitative estimate of drug-likeness (QED) is 0.708. The summed E-state index contributed by atoms with van der Waals surface area (Å²) in [5.74, 6) is 0. The van der Waals surface area contributed by atoms with Crippen molar-refractivity contribution in [2.75, 3.05) is 26.3 Å². The van der Waals surface area contributed by atoms with Gasteiger partial charge >= 0.3 is 0 Å². The maximum Gasteiger partial charge on any atom is 0.160 e. The highest BCUT2D eigenvalue weighted by atomic mass is 32.1. The van der Waals surface area contributed by atoms with Gasteiger partial charge in [-0.25, -0.2) is 0 Å². The molecule has 0 aliphatic carbocycles. The summed E-state index contributed by atoms with van der Waals surface area (Å²) < 4.78 is 5.27. The molecule has 1 aromatic rings. The zero-order chi connectivity index (χ0) is 9.80. The van der Waals surface area contributed by atoms with Crippen molar-refractivity contribution in [1.29, 1.82) is 0 Å². The molecule has 2 heterocycles. The molecule has 14 heavy (non-hydrogen) atoms. The van der Waals surface area contributed by atoms with Crippen LogP contribution in [0.15, 0.2) is 11.4 Å². The van der Waals surface area contributed by atoms with Crippen molar-refractivity contribution >= 4 is 17.6 Å². The van der Waals surface area contributed by atoms with Crippen LogP contribution >= 0.6 is 11.3 Å². The van der Waals surface area contributed by atoms with Crippen molar-refractivity contribution < 1.29 is 9.53 Å². The van der Waals surface area contributed by atoms with Crippen LogP contribution in [0.25, 0.3) is 0 Å². The van der Waals surface area contributed by atoms with Gasteiger partial charge in [-0.1, -0.05) is 0 Å². The predicted molar refractivity (Wildman–Crippen MR) is 55.8 cm³/mol. The Labute approximate surface area is 87.3 Å². The number of carbonyl (C=O) groups is 1. The predicted octanol–water partition coefficient (Wildman–Crippen LogP) is 1.39. The standard InChI is InChI=1S/C10H13NO2S/c12-7-10-5-9(8-14-10)6-11-1-3-13-4-2-11/h5,7-8H,1-4,6H2. The largest absolute Gasteiger partial charge is 0.379 e. The highest BCUT2D eigenvalue weighted by Crippen LogP contribution is 2.15. The van der Waals surface area contributed by atoms with E-state index in [4.69, 9.17) is 4.74 Å². The van der Waals surface area contributed by atoms with E-state index in [2.05, 4.69) is 10.3 Å². The third-order valence-corrected chi connectivity index (χ3v) is 3.21. The first-order chi connectivity index (χ1) is 6.88. The fraction of sp³-hybridized carbons (Fsp3) is 0.500. The summed E-state index contributed by atoms with van der Waals surface area (Å²) in [5.41, 5.74) is 1.24. The van der Waals surface area contributed by atoms with E-state index in [1.165, 1.54) is 16.9 Å². The van der Waals surface area contributed by atoms with Gasteiger partial charge in [0.15, 0.2) is 6.29 Å². The Balaban J connectivity index is 1.92. The zero-order valence-corrected chi connectivity index (χ0v) is 8.76. The monoisotopic (exact) mass is 211 g/mol. The van der Waals surface area contributed by atoms with Crippen molar-refractivity contribution in [3.63, 3.8) is 0 Å². The Hall–Kier alpha value is -0.710. The van der Waals surface area contributed by atoms with Crippen LogP contribution in [0, 0.1) is 0 Å². The molecule has 1 aliphatic rings. The summed E-state index contributed by atoms with van der Waals surface area (Å²) in [7, 11) is 0. The van der Waals surface area contributed by atoms with Gasteiger partial charge in [-0.15, -0.1) is 11.3 Å². The van der Waals surface area contributed by atoms with Gasteiger partial charge in [-0.05, 0) is 17.0 Å². The number of carbonyl (C=O) groups excluding carboxylic acids is 1. The summed E-state index contributed by atoms with van der Waals surface area (Å²) in [5, 5.41) is 2.05. The van der Waals surface area contributed by atoms with Gasteiger partial charge in [0, 0.05) is 19.6 Å². The first-order valence-corrected chi connectivity index (χ1v) is 5.59. The minimum absolute atomic E-state index is 0.813. The minimum Gasteiger partial charge on any atom is -0.379 e. The van der Waals surface area contributed by atoms with Crippen molar-refractivity contribution in [1.82, 2.24) is 4.90 Å². The van der Waals surface area contributed by atoms with Crippen molar-refractivity contribution in [2.24, 2.45) is 0 Å². The molecule has 0 bridgehead atoms. The Morgan fingerprint density at radius 3 is 2.93 bits per heavy atom. The molecule has 3 nitrogen and oxygen atoms in total. The highest BCUT2D eigenvalue weighted by molar-refractivity contribution is 7.11. The first-order valence-electron chi connectivity index (χ1n) is 4.71. The zero-order valence-electron chi connectivity index (χ0n) is 7.94. The lowest BCUT2D eigenvalue weighted by molar-refractivity contribution is 0.0342. The second-order valence-electron chi connectivity index (χ2n) is 3.36. The normalized spacial score (nSPS) is 18.3. The number of aldehydes is 1. The second kappa shape index (κ2) is 4.68. The Bertz CT molecular complexity index is 305. The van der Waals surface area contributed by atoms with Gasteiger partial charge in [-0.3, -0.25) is 9.69 Å². The van der Waals surface area contributed by atoms with Crippen LogP contribution in [0.3, 0.4) is 0 Å². The lowest BCUT2D eigenvalue weighted by Gasteiger charge is -2.26. The summed E-state index contributed by atoms with van der Waals surface area (Å²) in [6.45, 7) is 4.57. The van der Waals surface area contributed by atoms with E-state index in [0.717, 1.165) is 44.0 Å². The molecule has 1 aliphatic heterocycles. The van der Waals surface area contributed by atoms with Gasteiger partial charge < -0.3 is 4.74 Å². The van der Waals surface area contributed by atoms with Crippen LogP contribution in [0.1, 0.15) is 15.2 Å². The van der Waals surface area contributed by atoms with E-state index < -0.39 is 0 Å². The molecule has 1 saturated heterocycles. The number of ether oxygens (including phenoxy) is 1. The molecule has 0 saturated carbocycles. The first kappa shape index (κ1) is 9.83. The van der Waals surface area contributed by atoms with Gasteiger partial charge in [0.05, 0.1) is 18.1 Å². The van der Waals surface area contributed by atoms with E-state index in [9.17, 15) is 4.79 Å². The molecule has 0 radical (unpaired) electrons. The van der Waals surface area contributed by atoms with Crippen LogP contribution in [0.5, 0.6) is 0 Å². The van der Waals surface area contributed by atoms with E-state index in [0.29, 0.717) is 0 Å². The van der Waals surface area contributed by atoms with Gasteiger partial charge in [0.1, 0.15) is 0 Å². The molecular weight excluding hydrogens is 198 g/mol. The Kier molecular flexibility index (Phi) is 3.29. The van der Waals surface area contributed by atoms with Gasteiger partial charge in [-0.2, -0.15) is 0 Å².